The Kier molecular flexibility index (Phi) is 6.70. The average Bonchev–Trinajstić information content (AvgIpc) is 2.56. The minimum atomic E-state index is -3.60. The van der Waals surface area contributed by atoms with Crippen molar-refractivity contribution in [2.24, 2.45) is 0 Å². The van der Waals surface area contributed by atoms with Crippen molar-refractivity contribution in [2.75, 3.05) is 17.1 Å². The highest BCUT2D eigenvalue weighted by molar-refractivity contribution is 9.10. The molecule has 1 atom stereocenters. The van der Waals surface area contributed by atoms with Crippen LogP contribution in [0.1, 0.15) is 35.2 Å². The molecule has 0 aliphatic rings. The van der Waals surface area contributed by atoms with E-state index in [0.717, 1.165) is 37.3 Å². The van der Waals surface area contributed by atoms with Crippen molar-refractivity contribution < 1.29 is 13.2 Å². The SMILES string of the molecule is Cc1ccc(C)c(C(C)NC(=O)CN(c2ccc(Br)c(C)c2)S(C)(=O)=O)c1. The Morgan fingerprint density at radius 1 is 1.11 bits per heavy atom. The Balaban J connectivity index is 2.21. The second-order valence-electron chi connectivity index (χ2n) is 6.85. The zero-order valence-electron chi connectivity index (χ0n) is 16.2. The predicted octanol–water partition coefficient (Wildman–Crippen LogP) is 4.02. The fraction of sp³-hybridized carbons (Fsp3) is 0.350. The fourth-order valence-electron chi connectivity index (χ4n) is 2.91. The summed E-state index contributed by atoms with van der Waals surface area (Å²) in [6.07, 6.45) is 1.10. The molecule has 0 heterocycles. The molecule has 2 aromatic rings. The number of aryl methyl sites for hydroxylation is 3. The zero-order valence-corrected chi connectivity index (χ0v) is 18.6. The molecule has 0 aliphatic carbocycles. The number of hydrogen-bond donors (Lipinski definition) is 1. The van der Waals surface area contributed by atoms with Crippen molar-refractivity contribution in [2.45, 2.75) is 33.7 Å². The van der Waals surface area contributed by atoms with Crippen LogP contribution in [0.5, 0.6) is 0 Å². The quantitative estimate of drug-likeness (QED) is 0.719. The van der Waals surface area contributed by atoms with Crippen LogP contribution in [0.25, 0.3) is 0 Å². The first kappa shape index (κ1) is 21.4. The number of nitrogens with one attached hydrogen (secondary N) is 1. The van der Waals surface area contributed by atoms with Gasteiger partial charge in [0.1, 0.15) is 6.54 Å². The number of hydrogen-bond acceptors (Lipinski definition) is 3. The van der Waals surface area contributed by atoms with Crippen molar-refractivity contribution in [1.82, 2.24) is 5.32 Å². The van der Waals surface area contributed by atoms with Gasteiger partial charge in [-0.25, -0.2) is 8.42 Å². The molecule has 5 nitrogen and oxygen atoms in total. The number of amides is 1. The molecule has 0 bridgehead atoms. The molecular formula is C20H25BrN2O3S. The van der Waals surface area contributed by atoms with E-state index >= 15 is 0 Å². The van der Waals surface area contributed by atoms with Crippen LogP contribution >= 0.6 is 15.9 Å². The van der Waals surface area contributed by atoms with Gasteiger partial charge < -0.3 is 5.32 Å². The molecule has 0 fully saturated rings. The molecule has 7 heteroatoms. The van der Waals surface area contributed by atoms with Crippen molar-refractivity contribution in [3.05, 3.63) is 63.1 Å². The van der Waals surface area contributed by atoms with Crippen LogP contribution in [-0.2, 0) is 14.8 Å². The third-order valence-electron chi connectivity index (χ3n) is 4.40. The van der Waals surface area contributed by atoms with E-state index in [1.54, 1.807) is 18.2 Å². The van der Waals surface area contributed by atoms with E-state index in [1.165, 1.54) is 0 Å². The number of sulfonamides is 1. The Labute approximate surface area is 170 Å². The Bertz CT molecular complexity index is 958. The minimum Gasteiger partial charge on any atom is -0.348 e. The second kappa shape index (κ2) is 8.44. The normalized spacial score (nSPS) is 12.5. The maximum atomic E-state index is 12.6. The van der Waals surface area contributed by atoms with E-state index in [0.29, 0.717) is 5.69 Å². The maximum Gasteiger partial charge on any atom is 0.241 e. The Morgan fingerprint density at radius 3 is 2.37 bits per heavy atom. The van der Waals surface area contributed by atoms with Crippen LogP contribution in [0.4, 0.5) is 5.69 Å². The van der Waals surface area contributed by atoms with Crippen molar-refractivity contribution in [3.8, 4) is 0 Å². The van der Waals surface area contributed by atoms with Gasteiger partial charge in [0.15, 0.2) is 0 Å². The molecule has 1 N–H and O–H groups in total. The summed E-state index contributed by atoms with van der Waals surface area (Å²) in [7, 11) is -3.60. The fourth-order valence-corrected chi connectivity index (χ4v) is 4.00. The van der Waals surface area contributed by atoms with E-state index in [2.05, 4.69) is 21.2 Å². The highest BCUT2D eigenvalue weighted by Gasteiger charge is 2.22. The summed E-state index contributed by atoms with van der Waals surface area (Å²) in [5.41, 5.74) is 4.57. The van der Waals surface area contributed by atoms with Gasteiger partial charge in [-0.2, -0.15) is 0 Å². The summed E-state index contributed by atoms with van der Waals surface area (Å²) in [6, 6.07) is 11.1. The topological polar surface area (TPSA) is 66.5 Å². The van der Waals surface area contributed by atoms with Gasteiger partial charge in [-0.1, -0.05) is 39.7 Å². The van der Waals surface area contributed by atoms with E-state index in [4.69, 9.17) is 0 Å². The zero-order chi connectivity index (χ0) is 20.4. The van der Waals surface area contributed by atoms with Crippen molar-refractivity contribution >= 4 is 37.5 Å². The molecule has 27 heavy (non-hydrogen) atoms. The van der Waals surface area contributed by atoms with Crippen LogP contribution < -0.4 is 9.62 Å². The van der Waals surface area contributed by atoms with Gasteiger partial charge in [-0.3, -0.25) is 9.10 Å². The van der Waals surface area contributed by atoms with Crippen LogP contribution in [0.15, 0.2) is 40.9 Å². The van der Waals surface area contributed by atoms with Crippen LogP contribution in [-0.4, -0.2) is 27.1 Å². The van der Waals surface area contributed by atoms with E-state index < -0.39 is 10.0 Å². The predicted molar refractivity (Wildman–Crippen MR) is 114 cm³/mol. The second-order valence-corrected chi connectivity index (χ2v) is 9.61. The van der Waals surface area contributed by atoms with Gasteiger partial charge in [0.25, 0.3) is 0 Å². The monoisotopic (exact) mass is 452 g/mol. The molecule has 0 aromatic heterocycles. The standard InChI is InChI=1S/C20H25BrN2O3S/c1-13-6-7-14(2)18(10-13)16(4)22-20(24)12-23(27(5,25)26)17-8-9-19(21)15(3)11-17/h6-11,16H,12H2,1-5H3,(H,22,24). The van der Waals surface area contributed by atoms with E-state index in [1.807, 2.05) is 45.9 Å². The van der Waals surface area contributed by atoms with E-state index in [-0.39, 0.29) is 18.5 Å². The average molecular weight is 453 g/mol. The highest BCUT2D eigenvalue weighted by Crippen LogP contribution is 2.25. The van der Waals surface area contributed by atoms with Crippen molar-refractivity contribution in [1.29, 1.82) is 0 Å². The molecule has 0 saturated heterocycles. The van der Waals surface area contributed by atoms with Crippen LogP contribution in [0, 0.1) is 20.8 Å². The molecule has 2 rings (SSSR count). The van der Waals surface area contributed by atoms with Crippen LogP contribution in [0.3, 0.4) is 0 Å². The smallest absolute Gasteiger partial charge is 0.241 e. The lowest BCUT2D eigenvalue weighted by Crippen LogP contribution is -2.41. The summed E-state index contributed by atoms with van der Waals surface area (Å²) >= 11 is 3.40. The maximum absolute atomic E-state index is 12.6. The number of rotatable bonds is 6. The summed E-state index contributed by atoms with van der Waals surface area (Å²) in [6.45, 7) is 7.49. The molecular weight excluding hydrogens is 428 g/mol. The summed E-state index contributed by atoms with van der Waals surface area (Å²) in [4.78, 5) is 12.6. The number of halogens is 1. The van der Waals surface area contributed by atoms with Gasteiger partial charge in [-0.15, -0.1) is 0 Å². The molecule has 0 spiro atoms. The molecule has 0 saturated carbocycles. The first-order chi connectivity index (χ1) is 12.5. The summed E-state index contributed by atoms with van der Waals surface area (Å²) < 4.78 is 26.5. The van der Waals surface area contributed by atoms with Gasteiger partial charge in [0, 0.05) is 4.47 Å². The van der Waals surface area contributed by atoms with Crippen molar-refractivity contribution in [3.63, 3.8) is 0 Å². The lowest BCUT2D eigenvalue weighted by Gasteiger charge is -2.24. The van der Waals surface area contributed by atoms with E-state index in [9.17, 15) is 13.2 Å². The number of anilines is 1. The summed E-state index contributed by atoms with van der Waals surface area (Å²) in [5.74, 6) is -0.352. The van der Waals surface area contributed by atoms with Gasteiger partial charge in [0.2, 0.25) is 15.9 Å². The molecule has 146 valence electrons. The number of benzene rings is 2. The summed E-state index contributed by atoms with van der Waals surface area (Å²) in [5, 5.41) is 2.91. The number of nitrogens with zero attached hydrogens (tertiary/aromatic N) is 1. The Hall–Kier alpha value is -1.86. The van der Waals surface area contributed by atoms with Gasteiger partial charge in [-0.05, 0) is 62.6 Å². The molecule has 1 amide bonds. The largest absolute Gasteiger partial charge is 0.348 e. The third kappa shape index (κ3) is 5.56. The molecule has 0 aliphatic heterocycles. The molecule has 1 unspecified atom stereocenters. The number of carbonyl (C=O) groups excluding carboxylic acids is 1. The minimum absolute atomic E-state index is 0.217. The molecule has 0 radical (unpaired) electrons. The van der Waals surface area contributed by atoms with Gasteiger partial charge in [0.05, 0.1) is 18.0 Å². The van der Waals surface area contributed by atoms with Gasteiger partial charge >= 0.3 is 0 Å². The lowest BCUT2D eigenvalue weighted by molar-refractivity contribution is -0.120. The third-order valence-corrected chi connectivity index (χ3v) is 6.43. The lowest BCUT2D eigenvalue weighted by atomic mass is 10.00. The first-order valence-corrected chi connectivity index (χ1v) is 11.2. The van der Waals surface area contributed by atoms with Crippen LogP contribution in [0.2, 0.25) is 0 Å². The molecule has 2 aromatic carbocycles. The Morgan fingerprint density at radius 2 is 1.78 bits per heavy atom. The highest BCUT2D eigenvalue weighted by atomic mass is 79.9. The first-order valence-electron chi connectivity index (χ1n) is 8.59. The number of carbonyl (C=O) groups is 1.